The van der Waals surface area contributed by atoms with E-state index >= 15 is 0 Å². The molecular weight excluding hydrogens is 370 g/mol. The second-order valence-electron chi connectivity index (χ2n) is 6.54. The number of aromatic nitrogens is 3. The highest BCUT2D eigenvalue weighted by Gasteiger charge is 2.29. The molecule has 1 aliphatic heterocycles. The predicted octanol–water partition coefficient (Wildman–Crippen LogP) is 0.646. The van der Waals surface area contributed by atoms with Gasteiger partial charge in [-0.2, -0.15) is 4.31 Å². The number of hydrogen-bond acceptors (Lipinski definition) is 7. The van der Waals surface area contributed by atoms with E-state index in [9.17, 15) is 13.2 Å². The van der Waals surface area contributed by atoms with Gasteiger partial charge < -0.3 is 4.74 Å². The molecule has 0 amide bonds. The van der Waals surface area contributed by atoms with Crippen LogP contribution in [-0.4, -0.2) is 71.9 Å². The van der Waals surface area contributed by atoms with E-state index in [1.54, 1.807) is 16.8 Å². The fraction of sp³-hybridized carbons (Fsp3) is 0.471. The van der Waals surface area contributed by atoms with Crippen molar-refractivity contribution < 1.29 is 17.9 Å². The molecule has 1 aliphatic rings. The number of benzene rings is 1. The minimum Gasteiger partial charge on any atom is -0.464 e. The summed E-state index contributed by atoms with van der Waals surface area (Å²) in [4.78, 5) is 13.8. The highest BCUT2D eigenvalue weighted by atomic mass is 32.2. The summed E-state index contributed by atoms with van der Waals surface area (Å²) in [7, 11) is -2.21. The third kappa shape index (κ3) is 4.18. The number of carbonyl (C=O) groups excluding carboxylic acids is 1. The fourth-order valence-corrected chi connectivity index (χ4v) is 4.41. The Labute approximate surface area is 158 Å². The first-order valence-electron chi connectivity index (χ1n) is 8.59. The van der Waals surface area contributed by atoms with Crippen molar-refractivity contribution in [2.24, 2.45) is 0 Å². The van der Waals surface area contributed by atoms with Crippen LogP contribution in [0, 0.1) is 13.8 Å². The van der Waals surface area contributed by atoms with E-state index in [4.69, 9.17) is 0 Å². The summed E-state index contributed by atoms with van der Waals surface area (Å²) < 4.78 is 33.4. The van der Waals surface area contributed by atoms with Crippen molar-refractivity contribution >= 4 is 16.0 Å². The number of nitrogens with zero attached hydrogens (tertiary/aromatic N) is 5. The minimum atomic E-state index is -3.50. The van der Waals surface area contributed by atoms with Crippen molar-refractivity contribution in [3.63, 3.8) is 0 Å². The van der Waals surface area contributed by atoms with Crippen LogP contribution in [0.2, 0.25) is 0 Å². The van der Waals surface area contributed by atoms with Crippen LogP contribution in [0.4, 0.5) is 0 Å². The van der Waals surface area contributed by atoms with E-state index in [1.807, 2.05) is 19.9 Å². The number of hydrogen-bond donors (Lipinski definition) is 0. The van der Waals surface area contributed by atoms with Crippen LogP contribution in [0.1, 0.15) is 21.6 Å². The molecule has 0 spiro atoms. The summed E-state index contributed by atoms with van der Waals surface area (Å²) in [5.41, 5.74) is 2.17. The number of ether oxygens (including phenoxy) is 1. The highest BCUT2D eigenvalue weighted by molar-refractivity contribution is 7.89. The van der Waals surface area contributed by atoms with Crippen LogP contribution in [0.15, 0.2) is 29.3 Å². The molecule has 0 atom stereocenters. The molecule has 0 N–H and O–H groups in total. The van der Waals surface area contributed by atoms with Crippen molar-refractivity contribution in [2.75, 3.05) is 33.3 Å². The third-order valence-electron chi connectivity index (χ3n) is 4.73. The molecule has 146 valence electrons. The lowest BCUT2D eigenvalue weighted by atomic mass is 10.1. The van der Waals surface area contributed by atoms with Crippen molar-refractivity contribution in [1.82, 2.24) is 24.2 Å². The average Bonchev–Trinajstić information content (AvgIpc) is 3.12. The van der Waals surface area contributed by atoms with Gasteiger partial charge in [-0.25, -0.2) is 17.9 Å². The van der Waals surface area contributed by atoms with E-state index in [0.29, 0.717) is 37.7 Å². The topological polar surface area (TPSA) is 97.6 Å². The quantitative estimate of drug-likeness (QED) is 0.688. The second kappa shape index (κ2) is 7.75. The van der Waals surface area contributed by atoms with Crippen LogP contribution in [0.25, 0.3) is 0 Å². The van der Waals surface area contributed by atoms with E-state index in [0.717, 1.165) is 11.1 Å². The zero-order chi connectivity index (χ0) is 19.6. The molecule has 0 saturated carbocycles. The van der Waals surface area contributed by atoms with Gasteiger partial charge in [-0.3, -0.25) is 4.90 Å². The summed E-state index contributed by atoms with van der Waals surface area (Å²) in [6, 6.07) is 5.22. The maximum Gasteiger partial charge on any atom is 0.360 e. The number of rotatable bonds is 5. The van der Waals surface area contributed by atoms with E-state index in [2.05, 4.69) is 19.9 Å². The summed E-state index contributed by atoms with van der Waals surface area (Å²) >= 11 is 0. The van der Waals surface area contributed by atoms with Crippen LogP contribution in [-0.2, 0) is 21.4 Å². The van der Waals surface area contributed by atoms with Crippen LogP contribution in [0.5, 0.6) is 0 Å². The van der Waals surface area contributed by atoms with Gasteiger partial charge in [0.05, 0.1) is 24.9 Å². The van der Waals surface area contributed by atoms with E-state index < -0.39 is 16.0 Å². The van der Waals surface area contributed by atoms with Gasteiger partial charge in [0.2, 0.25) is 10.0 Å². The predicted molar refractivity (Wildman–Crippen MR) is 97.6 cm³/mol. The summed E-state index contributed by atoms with van der Waals surface area (Å²) in [5.74, 6) is -0.537. The number of carbonyl (C=O) groups is 1. The van der Waals surface area contributed by atoms with Gasteiger partial charge in [-0.05, 0) is 37.1 Å². The molecular formula is C17H23N5O4S. The van der Waals surface area contributed by atoms with Crippen LogP contribution in [0.3, 0.4) is 0 Å². The molecule has 1 saturated heterocycles. The molecule has 10 heteroatoms. The summed E-state index contributed by atoms with van der Waals surface area (Å²) in [5, 5.41) is 7.67. The smallest absolute Gasteiger partial charge is 0.360 e. The molecule has 9 nitrogen and oxygen atoms in total. The first-order valence-corrected chi connectivity index (χ1v) is 10.0. The number of sulfonamides is 1. The highest BCUT2D eigenvalue weighted by Crippen LogP contribution is 2.20. The zero-order valence-electron chi connectivity index (χ0n) is 15.6. The molecule has 0 radical (unpaired) electrons. The molecule has 2 heterocycles. The molecule has 0 aliphatic carbocycles. The molecule has 1 aromatic heterocycles. The van der Waals surface area contributed by atoms with Gasteiger partial charge in [0.15, 0.2) is 5.69 Å². The zero-order valence-corrected chi connectivity index (χ0v) is 16.4. The molecule has 3 rings (SSSR count). The average molecular weight is 393 g/mol. The molecule has 0 bridgehead atoms. The Hall–Kier alpha value is -2.30. The Bertz CT molecular complexity index is 933. The first kappa shape index (κ1) is 19.5. The van der Waals surface area contributed by atoms with Crippen molar-refractivity contribution in [2.45, 2.75) is 25.4 Å². The lowest BCUT2D eigenvalue weighted by molar-refractivity contribution is 0.0593. The van der Waals surface area contributed by atoms with E-state index in [1.165, 1.54) is 17.6 Å². The lowest BCUT2D eigenvalue weighted by Crippen LogP contribution is -2.48. The van der Waals surface area contributed by atoms with Gasteiger partial charge in [-0.15, -0.1) is 5.10 Å². The van der Waals surface area contributed by atoms with Crippen LogP contribution < -0.4 is 0 Å². The number of esters is 1. The van der Waals surface area contributed by atoms with Gasteiger partial charge in [0, 0.05) is 26.2 Å². The molecule has 1 aromatic carbocycles. The Kier molecular flexibility index (Phi) is 5.59. The van der Waals surface area contributed by atoms with Gasteiger partial charge in [0.25, 0.3) is 0 Å². The maximum atomic E-state index is 12.9. The third-order valence-corrected chi connectivity index (χ3v) is 6.62. The van der Waals surface area contributed by atoms with Gasteiger partial charge in [0.1, 0.15) is 0 Å². The molecule has 1 fully saturated rings. The van der Waals surface area contributed by atoms with Crippen molar-refractivity contribution in [3.8, 4) is 0 Å². The largest absolute Gasteiger partial charge is 0.464 e. The second-order valence-corrected chi connectivity index (χ2v) is 8.48. The summed E-state index contributed by atoms with van der Waals surface area (Å²) in [6.07, 6.45) is 1.52. The standard InChI is InChI=1S/C17H23N5O4S/c1-13-4-5-15(10-14(13)2)27(24,25)22-8-6-20(7-9-22)12-21-11-16(18-19-21)17(23)26-3/h4-5,10-11H,6-9,12H2,1-3H3. The summed E-state index contributed by atoms with van der Waals surface area (Å²) in [6.45, 7) is 6.23. The van der Waals surface area contributed by atoms with Gasteiger partial charge in [-0.1, -0.05) is 11.3 Å². The Morgan fingerprint density at radius 2 is 1.85 bits per heavy atom. The maximum absolute atomic E-state index is 12.9. The van der Waals surface area contributed by atoms with Crippen molar-refractivity contribution in [3.05, 3.63) is 41.2 Å². The van der Waals surface area contributed by atoms with E-state index in [-0.39, 0.29) is 5.69 Å². The first-order chi connectivity index (χ1) is 12.8. The molecule has 27 heavy (non-hydrogen) atoms. The Balaban J connectivity index is 1.62. The lowest BCUT2D eigenvalue weighted by Gasteiger charge is -2.33. The fourth-order valence-electron chi connectivity index (χ4n) is 2.91. The Morgan fingerprint density at radius 3 is 2.48 bits per heavy atom. The SMILES string of the molecule is COC(=O)c1cn(CN2CCN(S(=O)(=O)c3ccc(C)c(C)c3)CC2)nn1. The molecule has 2 aromatic rings. The van der Waals surface area contributed by atoms with Crippen LogP contribution >= 0.6 is 0 Å². The van der Waals surface area contributed by atoms with Gasteiger partial charge >= 0.3 is 5.97 Å². The number of piperazine rings is 1. The molecule has 0 unspecified atom stereocenters. The van der Waals surface area contributed by atoms with Crippen molar-refractivity contribution in [1.29, 1.82) is 0 Å². The minimum absolute atomic E-state index is 0.147. The number of aryl methyl sites for hydroxylation is 2. The number of methoxy groups -OCH3 is 1. The normalized spacial score (nSPS) is 16.4. The monoisotopic (exact) mass is 393 g/mol. The Morgan fingerprint density at radius 1 is 1.15 bits per heavy atom.